The van der Waals surface area contributed by atoms with E-state index in [1.54, 1.807) is 7.05 Å². The number of ether oxygens (including phenoxy) is 2. The summed E-state index contributed by atoms with van der Waals surface area (Å²) in [5.74, 6) is -1.63. The zero-order chi connectivity index (χ0) is 26.8. The Kier molecular flexibility index (Phi) is 7.87. The van der Waals surface area contributed by atoms with Crippen LogP contribution in [0.15, 0.2) is 29.3 Å². The molecule has 0 radical (unpaired) electrons. The third-order valence-corrected chi connectivity index (χ3v) is 6.69. The van der Waals surface area contributed by atoms with Crippen LogP contribution in [-0.4, -0.2) is 66.0 Å². The molecule has 0 aliphatic heterocycles. The van der Waals surface area contributed by atoms with E-state index < -0.39 is 50.6 Å². The highest BCUT2D eigenvalue weighted by atomic mass is 32.2. The van der Waals surface area contributed by atoms with Crippen LogP contribution in [0.4, 0.5) is 13.2 Å². The van der Waals surface area contributed by atoms with Crippen molar-refractivity contribution in [1.29, 1.82) is 0 Å². The molecule has 3 rings (SSSR count). The van der Waals surface area contributed by atoms with Crippen LogP contribution in [0.25, 0.3) is 5.13 Å². The van der Waals surface area contributed by atoms with Crippen LogP contribution in [-0.2, 0) is 9.84 Å². The second-order valence-corrected chi connectivity index (χ2v) is 10.4. The van der Waals surface area contributed by atoms with E-state index in [0.29, 0.717) is 10.9 Å². The number of carbonyl (C=O) groups is 1. The molecule has 0 bridgehead atoms. The van der Waals surface area contributed by atoms with Gasteiger partial charge in [0.05, 0.1) is 22.9 Å². The van der Waals surface area contributed by atoms with Gasteiger partial charge in [-0.2, -0.15) is 9.67 Å². The second-order valence-electron chi connectivity index (χ2n) is 7.31. The third-order valence-electron chi connectivity index (χ3n) is 4.57. The van der Waals surface area contributed by atoms with E-state index in [9.17, 15) is 31.5 Å². The maximum absolute atomic E-state index is 12.9. The average Bonchev–Trinajstić information content (AvgIpc) is 3.43. The quantitative estimate of drug-likeness (QED) is 0.335. The van der Waals surface area contributed by atoms with Gasteiger partial charge in [0.25, 0.3) is 5.91 Å². The van der Waals surface area contributed by atoms with E-state index >= 15 is 0 Å². The molecule has 2 heterocycles. The molecule has 1 aromatic carbocycles. The fourth-order valence-electron chi connectivity index (χ4n) is 2.91. The first-order valence-electron chi connectivity index (χ1n) is 9.96. The lowest BCUT2D eigenvalue weighted by Crippen LogP contribution is -2.29. The molecule has 0 saturated carbocycles. The Morgan fingerprint density at radius 3 is 2.56 bits per heavy atom. The molecule has 17 heteroatoms. The number of alkyl halides is 3. The van der Waals surface area contributed by atoms with Crippen LogP contribution in [0.1, 0.15) is 40.3 Å². The zero-order valence-electron chi connectivity index (χ0n) is 19.2. The van der Waals surface area contributed by atoms with Crippen LogP contribution < -0.4 is 20.1 Å². The number of aromatic nitrogens is 4. The number of aliphatic hydroxyl groups is 1. The van der Waals surface area contributed by atoms with E-state index in [-0.39, 0.29) is 17.0 Å². The predicted octanol–water partition coefficient (Wildman–Crippen LogP) is 1.74. The van der Waals surface area contributed by atoms with Crippen molar-refractivity contribution >= 4 is 27.1 Å². The van der Waals surface area contributed by atoms with Crippen molar-refractivity contribution in [2.45, 2.75) is 30.5 Å². The summed E-state index contributed by atoms with van der Waals surface area (Å²) in [5, 5.41) is 19.6. The molecule has 0 aliphatic rings. The van der Waals surface area contributed by atoms with Gasteiger partial charge in [-0.3, -0.25) is 10.1 Å². The summed E-state index contributed by atoms with van der Waals surface area (Å²) < 4.78 is 72.2. The Labute approximate surface area is 207 Å². The third kappa shape index (κ3) is 6.48. The van der Waals surface area contributed by atoms with Gasteiger partial charge in [-0.15, -0.1) is 18.3 Å². The molecule has 0 aliphatic carbocycles. The normalized spacial score (nSPS) is 13.8. The molecule has 3 N–H and O–H groups in total. The van der Waals surface area contributed by atoms with Crippen LogP contribution in [0.3, 0.4) is 0 Å². The summed E-state index contributed by atoms with van der Waals surface area (Å²) in [6, 6.07) is 1.41. The number of thiazole rings is 1. The van der Waals surface area contributed by atoms with Crippen molar-refractivity contribution in [2.24, 2.45) is 0 Å². The Morgan fingerprint density at radius 2 is 1.97 bits per heavy atom. The minimum Gasteiger partial charge on any atom is -0.466 e. The molecule has 0 saturated heterocycles. The molecular formula is C19H21F3N6O6S2. The van der Waals surface area contributed by atoms with Crippen molar-refractivity contribution < 1.29 is 41.0 Å². The Morgan fingerprint density at radius 1 is 1.28 bits per heavy atom. The number of halogens is 3. The number of amides is 1. The van der Waals surface area contributed by atoms with Gasteiger partial charge in [0.15, 0.2) is 15.7 Å². The molecule has 12 nitrogen and oxygen atoms in total. The minimum atomic E-state index is -5.10. The standard InChI is InChI=1S/C19H21F3N6O6S2/c1-9(14-26-17(33-3)27-28(14)18-24-8-13(35-18)16(30)23-2)25-15(29)10-5-11(34-19(20,21)22)7-12(6-10)36(4,31)32/h5-9,16,23,30H,1-4H3,(H,25,29)/t9-,16?/m0/s1. The van der Waals surface area contributed by atoms with Gasteiger partial charge < -0.3 is 19.9 Å². The second kappa shape index (κ2) is 10.4. The van der Waals surface area contributed by atoms with Crippen molar-refractivity contribution in [3.05, 3.63) is 40.7 Å². The first kappa shape index (κ1) is 27.3. The number of sulfone groups is 1. The monoisotopic (exact) mass is 550 g/mol. The molecular weight excluding hydrogens is 529 g/mol. The molecule has 0 spiro atoms. The number of hydrogen-bond donors (Lipinski definition) is 3. The summed E-state index contributed by atoms with van der Waals surface area (Å²) in [6.07, 6.45) is -3.87. The lowest BCUT2D eigenvalue weighted by molar-refractivity contribution is -0.274. The lowest BCUT2D eigenvalue weighted by Gasteiger charge is -2.15. The van der Waals surface area contributed by atoms with Crippen LogP contribution >= 0.6 is 11.3 Å². The average molecular weight is 551 g/mol. The van der Waals surface area contributed by atoms with Crippen LogP contribution in [0.2, 0.25) is 0 Å². The maximum atomic E-state index is 12.9. The first-order valence-corrected chi connectivity index (χ1v) is 12.7. The summed E-state index contributed by atoms with van der Waals surface area (Å²) in [5.41, 5.74) is -0.393. The number of aliphatic hydroxyl groups excluding tert-OH is 1. The SMILES string of the molecule is CNC(O)c1cnc(-n2nc(OC)nc2[C@H](C)NC(=O)c2cc(OC(F)(F)F)cc(S(C)(=O)=O)c2)s1. The van der Waals surface area contributed by atoms with Crippen molar-refractivity contribution in [3.8, 4) is 16.9 Å². The first-order chi connectivity index (χ1) is 16.7. The van der Waals surface area contributed by atoms with Gasteiger partial charge >= 0.3 is 12.4 Å². The Hall–Kier alpha value is -3.28. The molecule has 1 amide bonds. The van der Waals surface area contributed by atoms with Crippen molar-refractivity contribution in [3.63, 3.8) is 0 Å². The van der Waals surface area contributed by atoms with Crippen molar-refractivity contribution in [1.82, 2.24) is 30.4 Å². The number of rotatable bonds is 9. The number of nitrogens with one attached hydrogen (secondary N) is 2. The van der Waals surface area contributed by atoms with Gasteiger partial charge in [0.2, 0.25) is 5.13 Å². The zero-order valence-corrected chi connectivity index (χ0v) is 20.8. The molecule has 2 aromatic heterocycles. The molecule has 3 aromatic rings. The molecule has 0 fully saturated rings. The molecule has 1 unspecified atom stereocenters. The highest BCUT2D eigenvalue weighted by Gasteiger charge is 2.32. The van der Waals surface area contributed by atoms with Gasteiger partial charge in [0, 0.05) is 18.0 Å². The van der Waals surface area contributed by atoms with Gasteiger partial charge in [-0.1, -0.05) is 11.3 Å². The summed E-state index contributed by atoms with van der Waals surface area (Å²) in [6.45, 7) is 1.52. The van der Waals surface area contributed by atoms with Crippen LogP contribution in [0.5, 0.6) is 11.8 Å². The minimum absolute atomic E-state index is 0.0584. The van der Waals surface area contributed by atoms with Gasteiger partial charge in [0.1, 0.15) is 12.0 Å². The lowest BCUT2D eigenvalue weighted by atomic mass is 10.2. The highest BCUT2D eigenvalue weighted by Crippen LogP contribution is 2.28. The van der Waals surface area contributed by atoms with E-state index in [2.05, 4.69) is 30.4 Å². The fourth-order valence-corrected chi connectivity index (χ4v) is 4.45. The fraction of sp³-hybridized carbons (Fsp3) is 0.368. The molecule has 2 atom stereocenters. The van der Waals surface area contributed by atoms with Gasteiger partial charge in [-0.05, 0) is 32.2 Å². The van der Waals surface area contributed by atoms with E-state index in [4.69, 9.17) is 4.74 Å². The maximum Gasteiger partial charge on any atom is 0.573 e. The molecule has 196 valence electrons. The van der Waals surface area contributed by atoms with Crippen molar-refractivity contribution in [2.75, 3.05) is 20.4 Å². The van der Waals surface area contributed by atoms with E-state index in [0.717, 1.165) is 29.7 Å². The summed E-state index contributed by atoms with van der Waals surface area (Å²) in [4.78, 5) is 21.2. The number of carbonyl (C=O) groups excluding carboxylic acids is 1. The highest BCUT2D eigenvalue weighted by molar-refractivity contribution is 7.90. The largest absolute Gasteiger partial charge is 0.573 e. The van der Waals surface area contributed by atoms with E-state index in [1.165, 1.54) is 24.9 Å². The number of benzene rings is 1. The van der Waals surface area contributed by atoms with Gasteiger partial charge in [-0.25, -0.2) is 13.4 Å². The number of methoxy groups -OCH3 is 1. The topological polar surface area (TPSA) is 158 Å². The molecule has 36 heavy (non-hydrogen) atoms. The van der Waals surface area contributed by atoms with Crippen LogP contribution in [0, 0.1) is 0 Å². The summed E-state index contributed by atoms with van der Waals surface area (Å²) >= 11 is 1.08. The smallest absolute Gasteiger partial charge is 0.466 e. The Balaban J connectivity index is 1.94. The predicted molar refractivity (Wildman–Crippen MR) is 120 cm³/mol. The van der Waals surface area contributed by atoms with E-state index in [1.807, 2.05) is 0 Å². The summed E-state index contributed by atoms with van der Waals surface area (Å²) in [7, 11) is -1.10. The Bertz CT molecular complexity index is 1360. The number of nitrogens with zero attached hydrogens (tertiary/aromatic N) is 4. The number of hydrogen-bond acceptors (Lipinski definition) is 11.